The standard InChI is InChI=1S/C16H26O/c1-2-7-15-13-9-4-3-8-12(13)14-10-5-6-11-16(14)17-15/h8,13-16H,2-7,9-11H2,1H3/t13-,14-,15+,16+/m1/s1. The second-order valence-corrected chi connectivity index (χ2v) is 6.13. The predicted molar refractivity (Wildman–Crippen MR) is 71.0 cm³/mol. The number of ether oxygens (including phenoxy) is 1. The van der Waals surface area contributed by atoms with Crippen molar-refractivity contribution in [2.75, 3.05) is 0 Å². The van der Waals surface area contributed by atoms with E-state index < -0.39 is 0 Å². The molecule has 1 nitrogen and oxygen atoms in total. The summed E-state index contributed by atoms with van der Waals surface area (Å²) in [5.41, 5.74) is 1.81. The first kappa shape index (κ1) is 11.8. The molecule has 1 heterocycles. The van der Waals surface area contributed by atoms with Crippen LogP contribution in [0.1, 0.15) is 64.7 Å². The third-order valence-corrected chi connectivity index (χ3v) is 5.03. The van der Waals surface area contributed by atoms with Crippen molar-refractivity contribution in [3.8, 4) is 0 Å². The Morgan fingerprint density at radius 3 is 2.82 bits per heavy atom. The van der Waals surface area contributed by atoms with Crippen LogP contribution in [0.5, 0.6) is 0 Å². The normalized spacial score (nSPS) is 41.4. The van der Waals surface area contributed by atoms with Crippen LogP contribution in [0.3, 0.4) is 0 Å². The van der Waals surface area contributed by atoms with E-state index in [1.165, 1.54) is 57.8 Å². The lowest BCUT2D eigenvalue weighted by Crippen LogP contribution is -2.45. The lowest BCUT2D eigenvalue weighted by atomic mass is 9.68. The molecule has 4 atom stereocenters. The maximum Gasteiger partial charge on any atom is 0.0644 e. The molecule has 2 fully saturated rings. The molecule has 1 saturated carbocycles. The topological polar surface area (TPSA) is 9.23 Å². The highest BCUT2D eigenvalue weighted by atomic mass is 16.5. The SMILES string of the molecule is CCC[C@@H]1O[C@H]2CCCC[C@@H]2C2=CCCC[C@H]21. The van der Waals surface area contributed by atoms with E-state index in [4.69, 9.17) is 4.74 Å². The van der Waals surface area contributed by atoms with Gasteiger partial charge in [0, 0.05) is 11.8 Å². The number of rotatable bonds is 2. The molecule has 0 radical (unpaired) electrons. The molecule has 17 heavy (non-hydrogen) atoms. The van der Waals surface area contributed by atoms with E-state index in [0.29, 0.717) is 12.2 Å². The van der Waals surface area contributed by atoms with Gasteiger partial charge in [-0.2, -0.15) is 0 Å². The third kappa shape index (κ3) is 2.19. The van der Waals surface area contributed by atoms with Gasteiger partial charge in [0.25, 0.3) is 0 Å². The van der Waals surface area contributed by atoms with E-state index in [9.17, 15) is 0 Å². The van der Waals surface area contributed by atoms with Crippen LogP contribution < -0.4 is 0 Å². The molecule has 0 amide bonds. The van der Waals surface area contributed by atoms with Crippen LogP contribution in [0.2, 0.25) is 0 Å². The molecule has 96 valence electrons. The molecule has 2 aliphatic carbocycles. The van der Waals surface area contributed by atoms with Gasteiger partial charge in [0.2, 0.25) is 0 Å². The Hall–Kier alpha value is -0.300. The van der Waals surface area contributed by atoms with Gasteiger partial charge in [-0.05, 0) is 38.5 Å². The van der Waals surface area contributed by atoms with E-state index in [1.54, 1.807) is 0 Å². The minimum atomic E-state index is 0.547. The van der Waals surface area contributed by atoms with Crippen molar-refractivity contribution < 1.29 is 4.74 Å². The highest BCUT2D eigenvalue weighted by Gasteiger charge is 2.42. The molecule has 3 aliphatic rings. The van der Waals surface area contributed by atoms with Crippen molar-refractivity contribution >= 4 is 0 Å². The Morgan fingerprint density at radius 2 is 1.94 bits per heavy atom. The van der Waals surface area contributed by atoms with Crippen LogP contribution in [0.25, 0.3) is 0 Å². The molecule has 1 aliphatic heterocycles. The van der Waals surface area contributed by atoms with Crippen molar-refractivity contribution in [1.29, 1.82) is 0 Å². The molecule has 0 spiro atoms. The molecule has 0 N–H and O–H groups in total. The third-order valence-electron chi connectivity index (χ3n) is 5.03. The van der Waals surface area contributed by atoms with Crippen LogP contribution in [-0.4, -0.2) is 12.2 Å². The fourth-order valence-corrected chi connectivity index (χ4v) is 4.27. The van der Waals surface area contributed by atoms with E-state index in [2.05, 4.69) is 13.0 Å². The summed E-state index contributed by atoms with van der Waals surface area (Å²) in [6, 6.07) is 0. The van der Waals surface area contributed by atoms with Gasteiger partial charge in [0.05, 0.1) is 12.2 Å². The van der Waals surface area contributed by atoms with Crippen molar-refractivity contribution in [3.05, 3.63) is 11.6 Å². The first-order valence-corrected chi connectivity index (χ1v) is 7.75. The molecular weight excluding hydrogens is 208 g/mol. The lowest BCUT2D eigenvalue weighted by Gasteiger charge is -2.47. The van der Waals surface area contributed by atoms with Gasteiger partial charge in [-0.25, -0.2) is 0 Å². The molecule has 0 unspecified atom stereocenters. The molecule has 1 saturated heterocycles. The van der Waals surface area contributed by atoms with E-state index in [0.717, 1.165) is 11.8 Å². The van der Waals surface area contributed by atoms with Crippen molar-refractivity contribution in [2.24, 2.45) is 11.8 Å². The number of fused-ring (bicyclic) bond motifs is 3. The Kier molecular flexibility index (Phi) is 3.56. The second-order valence-electron chi connectivity index (χ2n) is 6.13. The van der Waals surface area contributed by atoms with Crippen LogP contribution in [0, 0.1) is 11.8 Å². The fourth-order valence-electron chi connectivity index (χ4n) is 4.27. The highest BCUT2D eigenvalue weighted by Crippen LogP contribution is 2.46. The number of hydrogen-bond donors (Lipinski definition) is 0. The van der Waals surface area contributed by atoms with Gasteiger partial charge in [-0.3, -0.25) is 0 Å². The molecule has 3 rings (SSSR count). The summed E-state index contributed by atoms with van der Waals surface area (Å²) in [5.74, 6) is 1.57. The van der Waals surface area contributed by atoms with Crippen molar-refractivity contribution in [3.63, 3.8) is 0 Å². The smallest absolute Gasteiger partial charge is 0.0644 e. The number of hydrogen-bond acceptors (Lipinski definition) is 1. The largest absolute Gasteiger partial charge is 0.374 e. The van der Waals surface area contributed by atoms with Crippen LogP contribution in [0.15, 0.2) is 11.6 Å². The average molecular weight is 234 g/mol. The minimum Gasteiger partial charge on any atom is -0.374 e. The molecular formula is C16H26O. The van der Waals surface area contributed by atoms with E-state index in [1.807, 2.05) is 5.57 Å². The lowest BCUT2D eigenvalue weighted by molar-refractivity contribution is -0.106. The first-order valence-electron chi connectivity index (χ1n) is 7.75. The molecule has 1 heteroatoms. The summed E-state index contributed by atoms with van der Waals surface area (Å²) in [7, 11) is 0. The summed E-state index contributed by atoms with van der Waals surface area (Å²) in [6.07, 6.45) is 15.9. The van der Waals surface area contributed by atoms with Gasteiger partial charge in [0.15, 0.2) is 0 Å². The zero-order valence-corrected chi connectivity index (χ0v) is 11.2. The maximum absolute atomic E-state index is 6.46. The quantitative estimate of drug-likeness (QED) is 0.640. The Labute approximate surface area is 106 Å². The Morgan fingerprint density at radius 1 is 1.12 bits per heavy atom. The average Bonchev–Trinajstić information content (AvgIpc) is 2.39. The second kappa shape index (κ2) is 5.14. The van der Waals surface area contributed by atoms with Gasteiger partial charge >= 0.3 is 0 Å². The van der Waals surface area contributed by atoms with Gasteiger partial charge in [-0.15, -0.1) is 0 Å². The van der Waals surface area contributed by atoms with Crippen molar-refractivity contribution in [1.82, 2.24) is 0 Å². The van der Waals surface area contributed by atoms with Crippen molar-refractivity contribution in [2.45, 2.75) is 76.9 Å². The van der Waals surface area contributed by atoms with Gasteiger partial charge < -0.3 is 4.74 Å². The monoisotopic (exact) mass is 234 g/mol. The zero-order chi connectivity index (χ0) is 11.7. The molecule has 0 bridgehead atoms. The first-order chi connectivity index (χ1) is 8.40. The van der Waals surface area contributed by atoms with Crippen LogP contribution in [0.4, 0.5) is 0 Å². The van der Waals surface area contributed by atoms with Gasteiger partial charge in [0.1, 0.15) is 0 Å². The van der Waals surface area contributed by atoms with E-state index >= 15 is 0 Å². The number of allylic oxidation sites excluding steroid dienone is 1. The summed E-state index contributed by atoms with van der Waals surface area (Å²) in [6.45, 7) is 2.29. The summed E-state index contributed by atoms with van der Waals surface area (Å²) in [5, 5.41) is 0. The minimum absolute atomic E-state index is 0.547. The Bertz CT molecular complexity index is 294. The van der Waals surface area contributed by atoms with Crippen LogP contribution >= 0.6 is 0 Å². The maximum atomic E-state index is 6.46. The van der Waals surface area contributed by atoms with E-state index in [-0.39, 0.29) is 0 Å². The summed E-state index contributed by atoms with van der Waals surface area (Å²) >= 11 is 0. The van der Waals surface area contributed by atoms with Gasteiger partial charge in [-0.1, -0.05) is 37.8 Å². The summed E-state index contributed by atoms with van der Waals surface area (Å²) < 4.78 is 6.46. The fraction of sp³-hybridized carbons (Fsp3) is 0.875. The Balaban J connectivity index is 1.83. The molecule has 0 aromatic heterocycles. The summed E-state index contributed by atoms with van der Waals surface area (Å²) in [4.78, 5) is 0. The molecule has 0 aromatic rings. The highest BCUT2D eigenvalue weighted by molar-refractivity contribution is 5.20. The predicted octanol–water partition coefficient (Wildman–Crippen LogP) is 4.47. The van der Waals surface area contributed by atoms with Crippen LogP contribution in [-0.2, 0) is 4.74 Å². The zero-order valence-electron chi connectivity index (χ0n) is 11.2. The molecule has 0 aromatic carbocycles.